The molecule has 0 aliphatic carbocycles. The van der Waals surface area contributed by atoms with E-state index in [4.69, 9.17) is 5.11 Å². The first-order valence-corrected chi connectivity index (χ1v) is 6.86. The van der Waals surface area contributed by atoms with Crippen molar-refractivity contribution in [2.75, 3.05) is 6.54 Å². The molecule has 1 heterocycles. The third kappa shape index (κ3) is 5.83. The Kier molecular flexibility index (Phi) is 6.50. The molecule has 4 nitrogen and oxygen atoms in total. The topological polar surface area (TPSA) is 62.2 Å². The number of carboxylic acids is 1. The van der Waals surface area contributed by atoms with Gasteiger partial charge in [0.25, 0.3) is 0 Å². The highest BCUT2D eigenvalue weighted by Crippen LogP contribution is 2.08. The normalized spacial score (nSPS) is 12.6. The second kappa shape index (κ2) is 7.89. The number of carboxylic acid groups (broad SMARTS) is 1. The van der Waals surface area contributed by atoms with Gasteiger partial charge in [0, 0.05) is 12.4 Å². The summed E-state index contributed by atoms with van der Waals surface area (Å²) in [6.45, 7) is 6.87. The zero-order valence-corrected chi connectivity index (χ0v) is 12.0. The molecule has 0 bridgehead atoms. The molecule has 0 aliphatic heterocycles. The zero-order chi connectivity index (χ0) is 14.3. The molecule has 1 aromatic rings. The van der Waals surface area contributed by atoms with E-state index in [2.05, 4.69) is 17.2 Å². The van der Waals surface area contributed by atoms with Crippen molar-refractivity contribution in [2.24, 2.45) is 5.92 Å². The molecule has 0 saturated carbocycles. The van der Waals surface area contributed by atoms with Gasteiger partial charge in [-0.3, -0.25) is 9.78 Å². The molecule has 0 fully saturated rings. The molecule has 19 heavy (non-hydrogen) atoms. The van der Waals surface area contributed by atoms with Gasteiger partial charge in [-0.25, -0.2) is 0 Å². The van der Waals surface area contributed by atoms with Crippen LogP contribution in [-0.2, 0) is 11.2 Å². The molecule has 1 aromatic heterocycles. The van der Waals surface area contributed by atoms with Gasteiger partial charge in [-0.05, 0) is 55.8 Å². The van der Waals surface area contributed by atoms with E-state index in [1.807, 2.05) is 26.1 Å². The molecule has 0 saturated heterocycles. The molecule has 1 rings (SSSR count). The van der Waals surface area contributed by atoms with Gasteiger partial charge >= 0.3 is 5.97 Å². The minimum absolute atomic E-state index is 0.383. The first kappa shape index (κ1) is 15.6. The summed E-state index contributed by atoms with van der Waals surface area (Å²) in [5, 5.41) is 12.2. The molecular formula is C15H24N2O2. The molecule has 0 aromatic carbocycles. The number of hydrogen-bond donors (Lipinski definition) is 2. The lowest BCUT2D eigenvalue weighted by atomic mass is 10.0. The highest BCUT2D eigenvalue weighted by molar-refractivity contribution is 5.73. The second-order valence-electron chi connectivity index (χ2n) is 5.38. The van der Waals surface area contributed by atoms with Gasteiger partial charge in [-0.15, -0.1) is 0 Å². The summed E-state index contributed by atoms with van der Waals surface area (Å²) in [6.07, 6.45) is 6.20. The van der Waals surface area contributed by atoms with Gasteiger partial charge in [0.2, 0.25) is 0 Å². The molecule has 0 spiro atoms. The number of aryl methyl sites for hydroxylation is 2. The van der Waals surface area contributed by atoms with Crippen LogP contribution in [0.1, 0.15) is 37.8 Å². The average Bonchev–Trinajstić information content (AvgIpc) is 2.34. The monoisotopic (exact) mass is 264 g/mol. The van der Waals surface area contributed by atoms with E-state index in [0.717, 1.165) is 19.4 Å². The Balaban J connectivity index is 2.33. The van der Waals surface area contributed by atoms with Crippen LogP contribution in [0.15, 0.2) is 18.5 Å². The fourth-order valence-corrected chi connectivity index (χ4v) is 2.06. The average molecular weight is 264 g/mol. The van der Waals surface area contributed by atoms with E-state index in [9.17, 15) is 4.79 Å². The minimum Gasteiger partial charge on any atom is -0.480 e. The van der Waals surface area contributed by atoms with Crippen molar-refractivity contribution in [1.29, 1.82) is 0 Å². The summed E-state index contributed by atoms with van der Waals surface area (Å²) in [7, 11) is 0. The second-order valence-corrected chi connectivity index (χ2v) is 5.38. The molecule has 0 amide bonds. The predicted octanol–water partition coefficient (Wildman–Crippen LogP) is 2.41. The van der Waals surface area contributed by atoms with Crippen LogP contribution < -0.4 is 5.32 Å². The Bertz CT molecular complexity index is 405. The van der Waals surface area contributed by atoms with Crippen LogP contribution >= 0.6 is 0 Å². The Morgan fingerprint density at radius 3 is 2.79 bits per heavy atom. The third-order valence-corrected chi connectivity index (χ3v) is 3.17. The number of pyridine rings is 1. The molecule has 0 radical (unpaired) electrons. The van der Waals surface area contributed by atoms with Crippen LogP contribution in [0.5, 0.6) is 0 Å². The standard InChI is InChI=1S/C15H24N2O2/c1-11(2)9-14(15(18)19)17-7-4-5-13-10-16-8-6-12(13)3/h6,8,10-11,14,17H,4-5,7,9H2,1-3H3,(H,18,19)/t14-/m1/s1. The lowest BCUT2D eigenvalue weighted by Gasteiger charge is -2.16. The highest BCUT2D eigenvalue weighted by Gasteiger charge is 2.17. The van der Waals surface area contributed by atoms with E-state index in [0.29, 0.717) is 12.3 Å². The molecule has 2 N–H and O–H groups in total. The maximum atomic E-state index is 11.1. The molecule has 106 valence electrons. The van der Waals surface area contributed by atoms with Crippen LogP contribution in [0.4, 0.5) is 0 Å². The third-order valence-electron chi connectivity index (χ3n) is 3.17. The fourth-order valence-electron chi connectivity index (χ4n) is 2.06. The van der Waals surface area contributed by atoms with Crippen LogP contribution in [0.3, 0.4) is 0 Å². The number of aliphatic carboxylic acids is 1. The molecule has 1 atom stereocenters. The predicted molar refractivity (Wildman–Crippen MR) is 76.2 cm³/mol. The van der Waals surface area contributed by atoms with Crippen molar-refractivity contribution in [1.82, 2.24) is 10.3 Å². The van der Waals surface area contributed by atoms with Crippen LogP contribution in [0, 0.1) is 12.8 Å². The highest BCUT2D eigenvalue weighted by atomic mass is 16.4. The van der Waals surface area contributed by atoms with Crippen LogP contribution in [0.25, 0.3) is 0 Å². The van der Waals surface area contributed by atoms with Crippen molar-refractivity contribution in [3.8, 4) is 0 Å². The van der Waals surface area contributed by atoms with Gasteiger partial charge < -0.3 is 10.4 Å². The molecule has 0 aliphatic rings. The van der Waals surface area contributed by atoms with Gasteiger partial charge in [0.15, 0.2) is 0 Å². The number of nitrogens with zero attached hydrogens (tertiary/aromatic N) is 1. The Hall–Kier alpha value is -1.42. The van der Waals surface area contributed by atoms with Gasteiger partial charge in [-0.1, -0.05) is 13.8 Å². The van der Waals surface area contributed by atoms with Crippen LogP contribution in [-0.4, -0.2) is 28.6 Å². The van der Waals surface area contributed by atoms with Crippen molar-refractivity contribution in [3.63, 3.8) is 0 Å². The molecule has 4 heteroatoms. The van der Waals surface area contributed by atoms with E-state index in [-0.39, 0.29) is 0 Å². The Morgan fingerprint density at radius 2 is 2.21 bits per heavy atom. The maximum Gasteiger partial charge on any atom is 0.320 e. The number of carbonyl (C=O) groups is 1. The quantitative estimate of drug-likeness (QED) is 0.708. The number of aromatic nitrogens is 1. The van der Waals surface area contributed by atoms with Crippen molar-refractivity contribution in [3.05, 3.63) is 29.6 Å². The molecule has 0 unspecified atom stereocenters. The SMILES string of the molecule is Cc1ccncc1CCCN[C@H](CC(C)C)C(=O)O. The lowest BCUT2D eigenvalue weighted by Crippen LogP contribution is -2.38. The van der Waals surface area contributed by atoms with E-state index >= 15 is 0 Å². The van der Waals surface area contributed by atoms with E-state index in [1.54, 1.807) is 6.20 Å². The smallest absolute Gasteiger partial charge is 0.320 e. The summed E-state index contributed by atoms with van der Waals surface area (Å²) < 4.78 is 0. The van der Waals surface area contributed by atoms with E-state index in [1.165, 1.54) is 11.1 Å². The first-order chi connectivity index (χ1) is 9.00. The van der Waals surface area contributed by atoms with Gasteiger partial charge in [-0.2, -0.15) is 0 Å². The van der Waals surface area contributed by atoms with Gasteiger partial charge in [0.1, 0.15) is 6.04 Å². The summed E-state index contributed by atoms with van der Waals surface area (Å²) in [5.41, 5.74) is 2.48. The van der Waals surface area contributed by atoms with Crippen molar-refractivity contribution < 1.29 is 9.90 Å². The Morgan fingerprint density at radius 1 is 1.47 bits per heavy atom. The van der Waals surface area contributed by atoms with Crippen molar-refractivity contribution >= 4 is 5.97 Å². The number of nitrogens with one attached hydrogen (secondary N) is 1. The minimum atomic E-state index is -0.758. The number of rotatable bonds is 8. The Labute approximate surface area is 115 Å². The largest absolute Gasteiger partial charge is 0.480 e. The summed E-state index contributed by atoms with van der Waals surface area (Å²) in [5.74, 6) is -0.375. The lowest BCUT2D eigenvalue weighted by molar-refractivity contribution is -0.139. The summed E-state index contributed by atoms with van der Waals surface area (Å²) >= 11 is 0. The van der Waals surface area contributed by atoms with E-state index < -0.39 is 12.0 Å². The summed E-state index contributed by atoms with van der Waals surface area (Å²) in [4.78, 5) is 15.2. The fraction of sp³-hybridized carbons (Fsp3) is 0.600. The van der Waals surface area contributed by atoms with Crippen molar-refractivity contribution in [2.45, 2.75) is 46.1 Å². The zero-order valence-electron chi connectivity index (χ0n) is 12.0. The van der Waals surface area contributed by atoms with Crippen LogP contribution in [0.2, 0.25) is 0 Å². The van der Waals surface area contributed by atoms with Gasteiger partial charge in [0.05, 0.1) is 0 Å². The summed E-state index contributed by atoms with van der Waals surface area (Å²) in [6, 6.07) is 1.57. The first-order valence-electron chi connectivity index (χ1n) is 6.86. The number of hydrogen-bond acceptors (Lipinski definition) is 3. The molecular weight excluding hydrogens is 240 g/mol. The maximum absolute atomic E-state index is 11.1.